The molecule has 1 saturated heterocycles. The van der Waals surface area contributed by atoms with Crippen LogP contribution in [-0.4, -0.2) is 45.6 Å². The number of ether oxygens (including phenoxy) is 1. The van der Waals surface area contributed by atoms with Crippen molar-refractivity contribution in [1.82, 2.24) is 14.7 Å². The summed E-state index contributed by atoms with van der Waals surface area (Å²) in [5.41, 5.74) is 1.18. The summed E-state index contributed by atoms with van der Waals surface area (Å²) >= 11 is 0. The zero-order valence-electron chi connectivity index (χ0n) is 12.2. The maximum atomic E-state index is 10.3. The first kappa shape index (κ1) is 14.3. The fraction of sp³-hybridized carbons (Fsp3) is 0.533. The van der Waals surface area contributed by atoms with Crippen LogP contribution in [0.4, 0.5) is 0 Å². The van der Waals surface area contributed by atoms with Gasteiger partial charge in [-0.1, -0.05) is 0 Å². The van der Waals surface area contributed by atoms with E-state index in [0.29, 0.717) is 18.8 Å². The van der Waals surface area contributed by atoms with Crippen molar-refractivity contribution in [2.45, 2.75) is 25.1 Å². The van der Waals surface area contributed by atoms with Gasteiger partial charge in [0, 0.05) is 37.9 Å². The molecular formula is C15H21N3O3. The lowest BCUT2D eigenvalue weighted by atomic mass is 10.0. The highest BCUT2D eigenvalue weighted by atomic mass is 16.5. The Bertz CT molecular complexity index is 552. The zero-order valence-corrected chi connectivity index (χ0v) is 12.2. The molecule has 0 spiro atoms. The number of aliphatic hydroxyl groups is 1. The van der Waals surface area contributed by atoms with Crippen molar-refractivity contribution in [3.8, 4) is 0 Å². The lowest BCUT2D eigenvalue weighted by molar-refractivity contribution is -0.0323. The Kier molecular flexibility index (Phi) is 4.38. The van der Waals surface area contributed by atoms with E-state index in [0.717, 1.165) is 19.7 Å². The Labute approximate surface area is 123 Å². The topological polar surface area (TPSA) is 63.7 Å². The van der Waals surface area contributed by atoms with Crippen LogP contribution >= 0.6 is 0 Å². The predicted octanol–water partition coefficient (Wildman–Crippen LogP) is 1.34. The lowest BCUT2D eigenvalue weighted by Gasteiger charge is -2.36. The number of aliphatic hydroxyl groups excluding tert-OH is 1. The summed E-state index contributed by atoms with van der Waals surface area (Å²) < 4.78 is 12.6. The van der Waals surface area contributed by atoms with Crippen molar-refractivity contribution in [2.24, 2.45) is 7.05 Å². The number of aromatic nitrogens is 2. The Hall–Kier alpha value is -1.63. The molecule has 2 aromatic rings. The third-order valence-electron chi connectivity index (χ3n) is 3.86. The fourth-order valence-corrected chi connectivity index (χ4v) is 2.76. The fourth-order valence-electron chi connectivity index (χ4n) is 2.76. The number of aryl methyl sites for hydroxylation is 1. The van der Waals surface area contributed by atoms with Crippen LogP contribution in [0.5, 0.6) is 0 Å². The van der Waals surface area contributed by atoms with E-state index in [1.165, 1.54) is 5.56 Å². The summed E-state index contributed by atoms with van der Waals surface area (Å²) in [5.74, 6) is 0.613. The van der Waals surface area contributed by atoms with Gasteiger partial charge in [0.15, 0.2) is 0 Å². The molecule has 2 aromatic heterocycles. The second-order valence-corrected chi connectivity index (χ2v) is 5.49. The third kappa shape index (κ3) is 3.53. The molecule has 1 aliphatic rings. The van der Waals surface area contributed by atoms with Crippen molar-refractivity contribution in [1.29, 1.82) is 0 Å². The lowest BCUT2D eigenvalue weighted by Crippen LogP contribution is -2.45. The number of hydrogen-bond acceptors (Lipinski definition) is 5. The third-order valence-corrected chi connectivity index (χ3v) is 3.86. The molecule has 0 saturated carbocycles. The van der Waals surface area contributed by atoms with Crippen LogP contribution < -0.4 is 0 Å². The Morgan fingerprint density at radius 3 is 3.14 bits per heavy atom. The normalized spacial score (nSPS) is 21.5. The van der Waals surface area contributed by atoms with E-state index >= 15 is 0 Å². The average Bonchev–Trinajstić information content (AvgIpc) is 3.13. The number of morpholine rings is 1. The maximum absolute atomic E-state index is 10.3. The molecule has 1 fully saturated rings. The van der Waals surface area contributed by atoms with Gasteiger partial charge in [-0.25, -0.2) is 0 Å². The van der Waals surface area contributed by atoms with Crippen molar-refractivity contribution in [3.05, 3.63) is 42.1 Å². The van der Waals surface area contributed by atoms with E-state index in [4.69, 9.17) is 9.15 Å². The Morgan fingerprint density at radius 2 is 2.43 bits per heavy atom. The van der Waals surface area contributed by atoms with Gasteiger partial charge in [-0.05, 0) is 18.6 Å². The average molecular weight is 291 g/mol. The summed E-state index contributed by atoms with van der Waals surface area (Å²) in [6, 6.07) is 3.78. The van der Waals surface area contributed by atoms with Gasteiger partial charge in [0.2, 0.25) is 0 Å². The van der Waals surface area contributed by atoms with Crippen LogP contribution in [0.3, 0.4) is 0 Å². The summed E-state index contributed by atoms with van der Waals surface area (Å²) in [5, 5.41) is 14.5. The molecule has 6 heteroatoms. The van der Waals surface area contributed by atoms with Crippen molar-refractivity contribution < 1.29 is 14.3 Å². The van der Waals surface area contributed by atoms with Gasteiger partial charge in [0.1, 0.15) is 11.9 Å². The molecule has 2 atom stereocenters. The number of hydrogen-bond donors (Lipinski definition) is 1. The number of nitrogens with zero attached hydrogens (tertiary/aromatic N) is 3. The van der Waals surface area contributed by atoms with Gasteiger partial charge < -0.3 is 14.3 Å². The van der Waals surface area contributed by atoms with E-state index in [1.54, 1.807) is 18.4 Å². The molecule has 0 amide bonds. The monoisotopic (exact) mass is 291 g/mol. The second-order valence-electron chi connectivity index (χ2n) is 5.49. The van der Waals surface area contributed by atoms with Crippen molar-refractivity contribution >= 4 is 0 Å². The summed E-state index contributed by atoms with van der Waals surface area (Å²) in [4.78, 5) is 2.34. The molecule has 3 heterocycles. The predicted molar refractivity (Wildman–Crippen MR) is 76.5 cm³/mol. The van der Waals surface area contributed by atoms with Crippen LogP contribution in [0.25, 0.3) is 0 Å². The summed E-state index contributed by atoms with van der Waals surface area (Å²) in [7, 11) is 1.92. The van der Waals surface area contributed by atoms with E-state index in [1.807, 2.05) is 24.1 Å². The van der Waals surface area contributed by atoms with Crippen molar-refractivity contribution in [3.63, 3.8) is 0 Å². The molecule has 6 nitrogen and oxygen atoms in total. The first-order valence-corrected chi connectivity index (χ1v) is 7.23. The molecule has 21 heavy (non-hydrogen) atoms. The zero-order chi connectivity index (χ0) is 14.7. The Morgan fingerprint density at radius 1 is 1.52 bits per heavy atom. The van der Waals surface area contributed by atoms with E-state index < -0.39 is 6.10 Å². The standard InChI is InChI=1S/C15H21N3O3/c1-17-9-12(8-16-17)10-18-4-6-20-11-13(18)7-14(19)15-3-2-5-21-15/h2-3,5,8-9,13-14,19H,4,6-7,10-11H2,1H3. The molecule has 0 bridgehead atoms. The molecular weight excluding hydrogens is 270 g/mol. The van der Waals surface area contributed by atoms with E-state index in [9.17, 15) is 5.11 Å². The minimum atomic E-state index is -0.594. The number of furan rings is 1. The first-order chi connectivity index (χ1) is 10.2. The van der Waals surface area contributed by atoms with Gasteiger partial charge in [-0.15, -0.1) is 0 Å². The molecule has 114 valence electrons. The minimum Gasteiger partial charge on any atom is -0.467 e. The smallest absolute Gasteiger partial charge is 0.132 e. The SMILES string of the molecule is Cn1cc(CN2CCOCC2CC(O)c2ccco2)cn1. The van der Waals surface area contributed by atoms with Gasteiger partial charge in [0.05, 0.1) is 25.7 Å². The molecule has 1 aliphatic heterocycles. The van der Waals surface area contributed by atoms with Crippen LogP contribution in [0, 0.1) is 0 Å². The molecule has 0 aliphatic carbocycles. The summed E-state index contributed by atoms with van der Waals surface area (Å²) in [6.07, 6.45) is 5.50. The van der Waals surface area contributed by atoms with Crippen molar-refractivity contribution in [2.75, 3.05) is 19.8 Å². The number of rotatable bonds is 5. The second kappa shape index (κ2) is 6.43. The Balaban J connectivity index is 1.63. The minimum absolute atomic E-state index is 0.180. The van der Waals surface area contributed by atoms with E-state index in [2.05, 4.69) is 10.00 Å². The molecule has 2 unspecified atom stereocenters. The molecule has 3 rings (SSSR count). The highest BCUT2D eigenvalue weighted by molar-refractivity contribution is 5.05. The highest BCUT2D eigenvalue weighted by Gasteiger charge is 2.27. The van der Waals surface area contributed by atoms with E-state index in [-0.39, 0.29) is 6.04 Å². The van der Waals surface area contributed by atoms with Crippen LogP contribution in [-0.2, 0) is 18.3 Å². The van der Waals surface area contributed by atoms with Gasteiger partial charge in [-0.2, -0.15) is 5.10 Å². The van der Waals surface area contributed by atoms with Gasteiger partial charge in [-0.3, -0.25) is 9.58 Å². The first-order valence-electron chi connectivity index (χ1n) is 7.23. The molecule has 0 aromatic carbocycles. The molecule has 0 radical (unpaired) electrons. The van der Waals surface area contributed by atoms with Crippen LogP contribution in [0.15, 0.2) is 35.2 Å². The van der Waals surface area contributed by atoms with Crippen LogP contribution in [0.1, 0.15) is 23.8 Å². The van der Waals surface area contributed by atoms with Gasteiger partial charge in [0.25, 0.3) is 0 Å². The largest absolute Gasteiger partial charge is 0.467 e. The molecule has 1 N–H and O–H groups in total. The summed E-state index contributed by atoms with van der Waals surface area (Å²) in [6.45, 7) is 3.06. The maximum Gasteiger partial charge on any atom is 0.132 e. The van der Waals surface area contributed by atoms with Gasteiger partial charge >= 0.3 is 0 Å². The van der Waals surface area contributed by atoms with Crippen LogP contribution in [0.2, 0.25) is 0 Å². The quantitative estimate of drug-likeness (QED) is 0.900. The highest BCUT2D eigenvalue weighted by Crippen LogP contribution is 2.24.